The summed E-state index contributed by atoms with van der Waals surface area (Å²) in [6.45, 7) is 0. The van der Waals surface area contributed by atoms with Crippen molar-refractivity contribution in [3.8, 4) is 0 Å². The van der Waals surface area contributed by atoms with Crippen LogP contribution in [0.25, 0.3) is 0 Å². The van der Waals surface area contributed by atoms with E-state index in [1.807, 2.05) is 0 Å². The maximum Gasteiger partial charge on any atom is 0.335 e. The van der Waals surface area contributed by atoms with Crippen LogP contribution in [0.15, 0.2) is 41.6 Å². The average Bonchev–Trinajstić information content (AvgIpc) is 2.30. The van der Waals surface area contributed by atoms with Crippen LogP contribution in [0.2, 0.25) is 0 Å². The molecular formula is C10H9N3O2. The van der Waals surface area contributed by atoms with Gasteiger partial charge in [-0.15, -0.1) is 0 Å². The number of nitrogens with one attached hydrogen (secondary N) is 1. The number of hydrogen-bond acceptors (Lipinski definition) is 4. The number of carboxylic acid groups (broad SMARTS) is 1. The van der Waals surface area contributed by atoms with Crippen LogP contribution in [0.4, 0.5) is 5.69 Å². The Morgan fingerprint density at radius 2 is 2.33 bits per heavy atom. The van der Waals surface area contributed by atoms with Gasteiger partial charge >= 0.3 is 5.97 Å². The molecular weight excluding hydrogens is 194 g/mol. The van der Waals surface area contributed by atoms with Gasteiger partial charge in [-0.25, -0.2) is 4.79 Å². The van der Waals surface area contributed by atoms with Crippen molar-refractivity contribution in [2.45, 2.75) is 0 Å². The third-order valence-electron chi connectivity index (χ3n) is 1.90. The van der Waals surface area contributed by atoms with Crippen molar-refractivity contribution in [3.05, 3.63) is 42.1 Å². The van der Waals surface area contributed by atoms with Crippen LogP contribution in [0, 0.1) is 0 Å². The molecule has 1 heterocycles. The van der Waals surface area contributed by atoms with Gasteiger partial charge in [0.25, 0.3) is 0 Å². The van der Waals surface area contributed by atoms with E-state index in [1.165, 1.54) is 11.2 Å². The largest absolute Gasteiger partial charge is 0.478 e. The Bertz CT molecular complexity index is 440. The fourth-order valence-corrected chi connectivity index (χ4v) is 1.21. The Morgan fingerprint density at radius 1 is 1.47 bits per heavy atom. The fraction of sp³-hybridized carbons (Fsp3) is 0. The van der Waals surface area contributed by atoms with Crippen molar-refractivity contribution >= 4 is 17.9 Å². The summed E-state index contributed by atoms with van der Waals surface area (Å²) in [5.74, 6) is -0.951. The van der Waals surface area contributed by atoms with Crippen molar-refractivity contribution in [2.24, 2.45) is 5.10 Å². The monoisotopic (exact) mass is 203 g/mol. The molecule has 5 heteroatoms. The van der Waals surface area contributed by atoms with E-state index in [0.717, 1.165) is 0 Å². The number of hydrazine groups is 1. The molecule has 0 aromatic heterocycles. The maximum atomic E-state index is 10.7. The van der Waals surface area contributed by atoms with E-state index in [0.29, 0.717) is 5.69 Å². The SMILES string of the molecule is O=C(O)c1cccc(N2N=CC=CN2)c1. The Balaban J connectivity index is 2.28. The van der Waals surface area contributed by atoms with Gasteiger partial charge in [-0.3, -0.25) is 5.43 Å². The fourth-order valence-electron chi connectivity index (χ4n) is 1.21. The van der Waals surface area contributed by atoms with Gasteiger partial charge in [-0.05, 0) is 24.3 Å². The van der Waals surface area contributed by atoms with Gasteiger partial charge in [0.1, 0.15) is 0 Å². The molecule has 1 aromatic carbocycles. The first kappa shape index (κ1) is 9.26. The molecule has 1 aliphatic rings. The average molecular weight is 203 g/mol. The number of aromatic carboxylic acids is 1. The van der Waals surface area contributed by atoms with Crippen LogP contribution in [-0.2, 0) is 0 Å². The zero-order valence-electron chi connectivity index (χ0n) is 7.79. The van der Waals surface area contributed by atoms with Gasteiger partial charge in [0, 0.05) is 6.20 Å². The van der Waals surface area contributed by atoms with Gasteiger partial charge in [-0.1, -0.05) is 6.07 Å². The predicted molar refractivity (Wildman–Crippen MR) is 56.6 cm³/mol. The summed E-state index contributed by atoms with van der Waals surface area (Å²) in [6.07, 6.45) is 5.07. The van der Waals surface area contributed by atoms with Gasteiger partial charge in [0.05, 0.1) is 17.5 Å². The van der Waals surface area contributed by atoms with Crippen molar-refractivity contribution in [3.63, 3.8) is 0 Å². The van der Waals surface area contributed by atoms with Crippen LogP contribution in [0.1, 0.15) is 10.4 Å². The number of hydrazone groups is 1. The standard InChI is InChI=1S/C10H9N3O2/c14-10(15)8-3-1-4-9(7-8)13-11-5-2-6-12-13/h1-7,11H,(H,14,15). The molecule has 76 valence electrons. The Labute approximate surface area is 86.3 Å². The molecule has 2 rings (SSSR count). The first-order chi connectivity index (χ1) is 7.27. The molecule has 0 amide bonds. The zero-order chi connectivity index (χ0) is 10.7. The summed E-state index contributed by atoms with van der Waals surface area (Å²) in [7, 11) is 0. The minimum absolute atomic E-state index is 0.235. The van der Waals surface area contributed by atoms with E-state index in [9.17, 15) is 4.79 Å². The second-order valence-corrected chi connectivity index (χ2v) is 2.92. The molecule has 0 aliphatic carbocycles. The second kappa shape index (κ2) is 3.83. The highest BCUT2D eigenvalue weighted by atomic mass is 16.4. The highest BCUT2D eigenvalue weighted by Gasteiger charge is 2.08. The van der Waals surface area contributed by atoms with Gasteiger partial charge < -0.3 is 5.11 Å². The maximum absolute atomic E-state index is 10.7. The predicted octanol–water partition coefficient (Wildman–Crippen LogP) is 1.21. The lowest BCUT2D eigenvalue weighted by Crippen LogP contribution is -2.30. The highest BCUT2D eigenvalue weighted by Crippen LogP contribution is 2.15. The molecule has 1 aliphatic heterocycles. The van der Waals surface area contributed by atoms with Crippen molar-refractivity contribution in [1.29, 1.82) is 0 Å². The minimum Gasteiger partial charge on any atom is -0.478 e. The van der Waals surface area contributed by atoms with Crippen LogP contribution < -0.4 is 10.5 Å². The minimum atomic E-state index is -0.951. The van der Waals surface area contributed by atoms with Gasteiger partial charge in [-0.2, -0.15) is 10.2 Å². The van der Waals surface area contributed by atoms with Crippen molar-refractivity contribution in [2.75, 3.05) is 5.12 Å². The third-order valence-corrected chi connectivity index (χ3v) is 1.90. The summed E-state index contributed by atoms with van der Waals surface area (Å²) in [5.41, 5.74) is 3.78. The molecule has 0 atom stereocenters. The number of carbonyl (C=O) groups is 1. The number of rotatable bonds is 2. The van der Waals surface area contributed by atoms with E-state index >= 15 is 0 Å². The van der Waals surface area contributed by atoms with Gasteiger partial charge in [0.2, 0.25) is 0 Å². The molecule has 0 bridgehead atoms. The lowest BCUT2D eigenvalue weighted by Gasteiger charge is -2.20. The van der Waals surface area contributed by atoms with Crippen molar-refractivity contribution < 1.29 is 9.90 Å². The van der Waals surface area contributed by atoms with E-state index in [-0.39, 0.29) is 5.56 Å². The van der Waals surface area contributed by atoms with Crippen molar-refractivity contribution in [1.82, 2.24) is 5.43 Å². The van der Waals surface area contributed by atoms with Crippen LogP contribution >= 0.6 is 0 Å². The first-order valence-electron chi connectivity index (χ1n) is 4.36. The lowest BCUT2D eigenvalue weighted by atomic mass is 10.2. The van der Waals surface area contributed by atoms with Crippen LogP contribution in [0.3, 0.4) is 0 Å². The molecule has 0 fully saturated rings. The quantitative estimate of drug-likeness (QED) is 0.758. The number of allylic oxidation sites excluding steroid dienone is 1. The van der Waals surface area contributed by atoms with Crippen LogP contribution in [0.5, 0.6) is 0 Å². The smallest absolute Gasteiger partial charge is 0.335 e. The molecule has 0 saturated carbocycles. The lowest BCUT2D eigenvalue weighted by molar-refractivity contribution is 0.0697. The molecule has 5 nitrogen and oxygen atoms in total. The third kappa shape index (κ3) is 1.96. The molecule has 0 radical (unpaired) electrons. The Morgan fingerprint density at radius 3 is 3.00 bits per heavy atom. The second-order valence-electron chi connectivity index (χ2n) is 2.92. The van der Waals surface area contributed by atoms with E-state index in [2.05, 4.69) is 10.5 Å². The zero-order valence-corrected chi connectivity index (χ0v) is 7.79. The summed E-state index contributed by atoms with van der Waals surface area (Å²) in [6, 6.07) is 6.53. The Kier molecular flexibility index (Phi) is 2.37. The number of anilines is 1. The summed E-state index contributed by atoms with van der Waals surface area (Å²) >= 11 is 0. The number of carboxylic acids is 1. The normalized spacial score (nSPS) is 13.7. The molecule has 0 unspecified atom stereocenters. The number of hydrogen-bond donors (Lipinski definition) is 2. The highest BCUT2D eigenvalue weighted by molar-refractivity contribution is 5.88. The molecule has 1 aromatic rings. The molecule has 2 N–H and O–H groups in total. The van der Waals surface area contributed by atoms with E-state index in [4.69, 9.17) is 5.11 Å². The van der Waals surface area contributed by atoms with E-state index < -0.39 is 5.97 Å². The Hall–Kier alpha value is -2.30. The van der Waals surface area contributed by atoms with E-state index in [1.54, 1.807) is 36.7 Å². The van der Waals surface area contributed by atoms with Crippen LogP contribution in [-0.4, -0.2) is 17.3 Å². The summed E-state index contributed by atoms with van der Waals surface area (Å²) in [4.78, 5) is 10.7. The molecule has 15 heavy (non-hydrogen) atoms. The first-order valence-corrected chi connectivity index (χ1v) is 4.36. The number of nitrogens with zero attached hydrogens (tertiary/aromatic N) is 2. The molecule has 0 spiro atoms. The summed E-state index contributed by atoms with van der Waals surface area (Å²) < 4.78 is 0. The van der Waals surface area contributed by atoms with Gasteiger partial charge in [0.15, 0.2) is 0 Å². The molecule has 0 saturated heterocycles. The summed E-state index contributed by atoms with van der Waals surface area (Å²) in [5, 5.41) is 14.3. The topological polar surface area (TPSA) is 64.9 Å². The number of benzene rings is 1.